The van der Waals surface area contributed by atoms with Crippen LogP contribution in [0.3, 0.4) is 0 Å². The molecule has 0 fully saturated rings. The first-order chi connectivity index (χ1) is 10.8. The van der Waals surface area contributed by atoms with Crippen molar-refractivity contribution in [2.24, 2.45) is 0 Å². The molecule has 0 unspecified atom stereocenters. The fourth-order valence-electron chi connectivity index (χ4n) is 2.80. The lowest BCUT2D eigenvalue weighted by molar-refractivity contribution is 0.222. The van der Waals surface area contributed by atoms with Crippen LogP contribution in [0.5, 0.6) is 0 Å². The summed E-state index contributed by atoms with van der Waals surface area (Å²) in [6.07, 6.45) is 0.853. The molecular formula is C15H14FN5O. The third kappa shape index (κ3) is 2.39. The van der Waals surface area contributed by atoms with Gasteiger partial charge < -0.3 is 4.42 Å². The van der Waals surface area contributed by atoms with E-state index in [1.807, 2.05) is 18.2 Å². The average molecular weight is 299 g/mol. The van der Waals surface area contributed by atoms with Crippen molar-refractivity contribution in [2.75, 3.05) is 6.54 Å². The number of halogens is 1. The van der Waals surface area contributed by atoms with Crippen molar-refractivity contribution in [1.29, 1.82) is 0 Å². The summed E-state index contributed by atoms with van der Waals surface area (Å²) in [5.74, 6) is 1.68. The van der Waals surface area contributed by atoms with E-state index >= 15 is 0 Å². The van der Waals surface area contributed by atoms with Gasteiger partial charge in [0.2, 0.25) is 5.82 Å². The summed E-state index contributed by atoms with van der Waals surface area (Å²) >= 11 is 0. The Morgan fingerprint density at radius 2 is 2.23 bits per heavy atom. The summed E-state index contributed by atoms with van der Waals surface area (Å²) in [4.78, 5) is 2.17. The molecule has 0 atom stereocenters. The van der Waals surface area contributed by atoms with E-state index in [4.69, 9.17) is 4.42 Å². The van der Waals surface area contributed by atoms with Crippen LogP contribution in [0, 0.1) is 5.82 Å². The van der Waals surface area contributed by atoms with Crippen LogP contribution >= 0.6 is 0 Å². The highest BCUT2D eigenvalue weighted by Crippen LogP contribution is 2.24. The van der Waals surface area contributed by atoms with Gasteiger partial charge in [-0.3, -0.25) is 4.90 Å². The van der Waals surface area contributed by atoms with Gasteiger partial charge in [0.05, 0.1) is 6.54 Å². The van der Waals surface area contributed by atoms with E-state index in [0.717, 1.165) is 29.9 Å². The fraction of sp³-hybridized carbons (Fsp3) is 0.267. The lowest BCUT2D eigenvalue weighted by atomic mass is 9.99. The van der Waals surface area contributed by atoms with Crippen molar-refractivity contribution in [3.63, 3.8) is 0 Å². The van der Waals surface area contributed by atoms with Gasteiger partial charge in [-0.1, -0.05) is 12.1 Å². The largest absolute Gasteiger partial charge is 0.456 e. The first kappa shape index (κ1) is 13.1. The van der Waals surface area contributed by atoms with E-state index in [-0.39, 0.29) is 5.82 Å². The Morgan fingerprint density at radius 3 is 3.09 bits per heavy atom. The van der Waals surface area contributed by atoms with Crippen LogP contribution in [0.15, 0.2) is 34.7 Å². The van der Waals surface area contributed by atoms with Gasteiger partial charge in [0.1, 0.15) is 11.6 Å². The second-order valence-corrected chi connectivity index (χ2v) is 5.34. The molecule has 0 aliphatic carbocycles. The van der Waals surface area contributed by atoms with E-state index in [1.54, 1.807) is 6.07 Å². The molecule has 3 aromatic rings. The molecule has 4 rings (SSSR count). The lowest BCUT2D eigenvalue weighted by Crippen LogP contribution is -2.30. The Morgan fingerprint density at radius 1 is 1.27 bits per heavy atom. The molecule has 6 nitrogen and oxygen atoms in total. The second-order valence-electron chi connectivity index (χ2n) is 5.34. The summed E-state index contributed by atoms with van der Waals surface area (Å²) in [6.45, 7) is 2.11. The molecule has 7 heteroatoms. The first-order valence-corrected chi connectivity index (χ1v) is 7.11. The van der Waals surface area contributed by atoms with Crippen LogP contribution < -0.4 is 0 Å². The normalized spacial score (nSPS) is 15.0. The minimum Gasteiger partial charge on any atom is -0.456 e. The molecule has 0 spiro atoms. The van der Waals surface area contributed by atoms with Gasteiger partial charge in [0.15, 0.2) is 5.76 Å². The lowest BCUT2D eigenvalue weighted by Gasteiger charge is -2.28. The number of nitrogens with one attached hydrogen (secondary N) is 1. The minimum atomic E-state index is -0.130. The van der Waals surface area contributed by atoms with Crippen molar-refractivity contribution in [3.8, 4) is 11.6 Å². The molecule has 0 saturated heterocycles. The van der Waals surface area contributed by atoms with Crippen LogP contribution in [-0.4, -0.2) is 32.1 Å². The van der Waals surface area contributed by atoms with Crippen LogP contribution in [0.1, 0.15) is 16.9 Å². The number of rotatable bonds is 3. The summed E-state index contributed by atoms with van der Waals surface area (Å²) in [5, 5.41) is 13.7. The Bertz CT molecular complexity index is 783. The molecule has 0 bridgehead atoms. The van der Waals surface area contributed by atoms with Crippen molar-refractivity contribution in [3.05, 3.63) is 53.0 Å². The van der Waals surface area contributed by atoms with Gasteiger partial charge in [0.25, 0.3) is 0 Å². The van der Waals surface area contributed by atoms with Crippen molar-refractivity contribution < 1.29 is 8.81 Å². The Labute approximate surface area is 125 Å². The van der Waals surface area contributed by atoms with Crippen molar-refractivity contribution in [2.45, 2.75) is 19.5 Å². The second kappa shape index (κ2) is 5.34. The smallest absolute Gasteiger partial charge is 0.239 e. The van der Waals surface area contributed by atoms with E-state index in [2.05, 4.69) is 25.5 Å². The molecule has 1 aliphatic rings. The number of tetrazole rings is 1. The number of hydrogen-bond donors (Lipinski definition) is 1. The quantitative estimate of drug-likeness (QED) is 0.802. The number of fused-ring (bicyclic) bond motifs is 1. The van der Waals surface area contributed by atoms with Gasteiger partial charge in [-0.05, 0) is 35.4 Å². The predicted octanol–water partition coefficient (Wildman–Crippen LogP) is 2.16. The van der Waals surface area contributed by atoms with E-state index in [9.17, 15) is 4.39 Å². The molecule has 1 aromatic carbocycles. The molecule has 0 saturated carbocycles. The molecule has 22 heavy (non-hydrogen) atoms. The number of nitrogens with zero attached hydrogens (tertiary/aromatic N) is 4. The van der Waals surface area contributed by atoms with Crippen molar-refractivity contribution >= 4 is 0 Å². The highest BCUT2D eigenvalue weighted by molar-refractivity contribution is 5.45. The van der Waals surface area contributed by atoms with Gasteiger partial charge in [0, 0.05) is 18.7 Å². The Kier molecular flexibility index (Phi) is 3.19. The zero-order chi connectivity index (χ0) is 14.9. The molecule has 1 N–H and O–H groups in total. The molecule has 1 aliphatic heterocycles. The summed E-state index contributed by atoms with van der Waals surface area (Å²) in [6, 6.07) is 9.00. The first-order valence-electron chi connectivity index (χ1n) is 7.11. The molecule has 2 aromatic heterocycles. The number of H-pyrrole nitrogens is 1. The van der Waals surface area contributed by atoms with Gasteiger partial charge in [-0.25, -0.2) is 4.39 Å². The van der Waals surface area contributed by atoms with Crippen molar-refractivity contribution in [1.82, 2.24) is 25.5 Å². The highest BCUT2D eigenvalue weighted by Gasteiger charge is 2.20. The summed E-state index contributed by atoms with van der Waals surface area (Å²) in [7, 11) is 0. The maximum absolute atomic E-state index is 13.9. The molecule has 3 heterocycles. The van der Waals surface area contributed by atoms with E-state index < -0.39 is 0 Å². The fourth-order valence-corrected chi connectivity index (χ4v) is 2.80. The van der Waals surface area contributed by atoms with Crippen LogP contribution in [0.25, 0.3) is 11.6 Å². The zero-order valence-electron chi connectivity index (χ0n) is 11.8. The average Bonchev–Trinajstić information content (AvgIpc) is 3.19. The standard InChI is InChI=1S/C15H14FN5O/c16-13-3-1-2-10-6-7-21(9-12(10)13)8-11-4-5-14(22-11)15-17-19-20-18-15/h1-5H,6-9H2,(H,17,18,19,20). The number of furan rings is 1. The van der Waals surface area contributed by atoms with E-state index in [1.165, 1.54) is 6.07 Å². The number of aromatic amines is 1. The highest BCUT2D eigenvalue weighted by atomic mass is 19.1. The summed E-state index contributed by atoms with van der Waals surface area (Å²) in [5.41, 5.74) is 1.89. The maximum Gasteiger partial charge on any atom is 0.239 e. The Balaban J connectivity index is 1.50. The van der Waals surface area contributed by atoms with E-state index in [0.29, 0.717) is 24.7 Å². The number of aromatic nitrogens is 4. The SMILES string of the molecule is Fc1cccc2c1CN(Cc1ccc(-c3nn[nH]n3)o1)CC2. The topological polar surface area (TPSA) is 70.8 Å². The van der Waals surface area contributed by atoms with Crippen LogP contribution in [-0.2, 0) is 19.5 Å². The molecule has 0 radical (unpaired) electrons. The Hall–Kier alpha value is -2.54. The van der Waals surface area contributed by atoms with Crippen LogP contribution in [0.4, 0.5) is 4.39 Å². The number of benzene rings is 1. The number of hydrogen-bond acceptors (Lipinski definition) is 5. The van der Waals surface area contributed by atoms with Gasteiger partial charge in [-0.15, -0.1) is 10.2 Å². The maximum atomic E-state index is 13.9. The third-order valence-electron chi connectivity index (χ3n) is 3.90. The zero-order valence-corrected chi connectivity index (χ0v) is 11.8. The van der Waals surface area contributed by atoms with Gasteiger partial charge in [-0.2, -0.15) is 5.21 Å². The van der Waals surface area contributed by atoms with Crippen LogP contribution in [0.2, 0.25) is 0 Å². The molecule has 0 amide bonds. The predicted molar refractivity (Wildman–Crippen MR) is 76.1 cm³/mol. The summed E-state index contributed by atoms with van der Waals surface area (Å²) < 4.78 is 19.6. The minimum absolute atomic E-state index is 0.130. The molecular weight excluding hydrogens is 285 g/mol. The monoisotopic (exact) mass is 299 g/mol. The third-order valence-corrected chi connectivity index (χ3v) is 3.90. The van der Waals surface area contributed by atoms with Gasteiger partial charge >= 0.3 is 0 Å². The molecule has 112 valence electrons.